The maximum absolute atomic E-state index is 11.7. The molecule has 124 valence electrons. The zero-order valence-electron chi connectivity index (χ0n) is 13.6. The van der Waals surface area contributed by atoms with Crippen LogP contribution in [0.4, 0.5) is 0 Å². The molecule has 0 amide bonds. The predicted octanol–water partition coefficient (Wildman–Crippen LogP) is 4.32. The lowest BCUT2D eigenvalue weighted by Crippen LogP contribution is -2.08. The van der Waals surface area contributed by atoms with Crippen molar-refractivity contribution in [2.45, 2.75) is 51.9 Å². The lowest BCUT2D eigenvalue weighted by molar-refractivity contribution is 0.0443. The molecule has 0 saturated heterocycles. The summed E-state index contributed by atoms with van der Waals surface area (Å²) < 4.78 is 10.7. The Bertz CT molecular complexity index is 400. The maximum Gasteiger partial charge on any atom is 0.338 e. The molecule has 1 rings (SSSR count). The van der Waals surface area contributed by atoms with Gasteiger partial charge in [-0.05, 0) is 30.7 Å². The van der Waals surface area contributed by atoms with Gasteiger partial charge in [0.05, 0.1) is 12.2 Å². The largest absolute Gasteiger partial charge is 0.508 e. The van der Waals surface area contributed by atoms with Crippen LogP contribution in [0.1, 0.15) is 62.2 Å². The molecule has 0 unspecified atom stereocenters. The predicted molar refractivity (Wildman–Crippen MR) is 87.2 cm³/mol. The molecule has 0 aliphatic heterocycles. The number of hydrogen-bond donors (Lipinski definition) is 1. The fourth-order valence-electron chi connectivity index (χ4n) is 2.09. The van der Waals surface area contributed by atoms with Crippen molar-refractivity contribution in [2.24, 2.45) is 0 Å². The molecule has 0 heterocycles. The molecule has 0 aliphatic carbocycles. The Labute approximate surface area is 133 Å². The fourth-order valence-corrected chi connectivity index (χ4v) is 2.09. The van der Waals surface area contributed by atoms with E-state index in [9.17, 15) is 4.79 Å². The normalized spacial score (nSPS) is 10.6. The van der Waals surface area contributed by atoms with Crippen molar-refractivity contribution >= 4 is 5.97 Å². The first-order valence-electron chi connectivity index (χ1n) is 8.28. The molecule has 0 radical (unpaired) electrons. The summed E-state index contributed by atoms with van der Waals surface area (Å²) in [5, 5.41) is 9.15. The molecule has 0 fully saturated rings. The number of carbonyl (C=O) groups excluding carboxylic acids is 1. The zero-order valence-corrected chi connectivity index (χ0v) is 13.6. The summed E-state index contributed by atoms with van der Waals surface area (Å²) in [7, 11) is 0. The molecule has 0 aliphatic rings. The van der Waals surface area contributed by atoms with Crippen LogP contribution in [0.2, 0.25) is 0 Å². The van der Waals surface area contributed by atoms with Crippen LogP contribution in [0.25, 0.3) is 0 Å². The van der Waals surface area contributed by atoms with E-state index in [0.717, 1.165) is 13.0 Å². The van der Waals surface area contributed by atoms with Crippen LogP contribution in [0, 0.1) is 0 Å². The second-order valence-corrected chi connectivity index (χ2v) is 5.42. The van der Waals surface area contributed by atoms with Crippen LogP contribution in [-0.2, 0) is 9.47 Å². The van der Waals surface area contributed by atoms with Gasteiger partial charge in [0.15, 0.2) is 0 Å². The quantitative estimate of drug-likeness (QED) is 0.461. The van der Waals surface area contributed by atoms with Crippen molar-refractivity contribution in [3.8, 4) is 5.75 Å². The van der Waals surface area contributed by atoms with E-state index in [4.69, 9.17) is 14.6 Å². The Morgan fingerprint density at radius 2 is 1.55 bits per heavy atom. The van der Waals surface area contributed by atoms with Gasteiger partial charge in [-0.25, -0.2) is 4.79 Å². The van der Waals surface area contributed by atoms with E-state index >= 15 is 0 Å². The molecule has 1 N–H and O–H groups in total. The zero-order chi connectivity index (χ0) is 16.0. The minimum absolute atomic E-state index is 0.139. The van der Waals surface area contributed by atoms with Gasteiger partial charge < -0.3 is 14.6 Å². The second kappa shape index (κ2) is 12.0. The first-order valence-corrected chi connectivity index (χ1v) is 8.28. The third kappa shape index (κ3) is 8.67. The number of phenols is 1. The van der Waals surface area contributed by atoms with Gasteiger partial charge in [-0.2, -0.15) is 0 Å². The molecule has 4 heteroatoms. The van der Waals surface area contributed by atoms with Crippen LogP contribution < -0.4 is 0 Å². The number of hydrogen-bond acceptors (Lipinski definition) is 4. The van der Waals surface area contributed by atoms with Crippen molar-refractivity contribution in [3.63, 3.8) is 0 Å². The van der Waals surface area contributed by atoms with Gasteiger partial charge in [0.25, 0.3) is 0 Å². The van der Waals surface area contributed by atoms with Crippen LogP contribution in [0.5, 0.6) is 5.75 Å². The topological polar surface area (TPSA) is 55.8 Å². The third-order valence-electron chi connectivity index (χ3n) is 3.41. The van der Waals surface area contributed by atoms with E-state index in [1.165, 1.54) is 44.2 Å². The number of phenolic OH excluding ortho intramolecular Hbond substituents is 1. The molecule has 0 bridgehead atoms. The lowest BCUT2D eigenvalue weighted by Gasteiger charge is -2.06. The molecular formula is C18H28O4. The molecular weight excluding hydrogens is 280 g/mol. The number of ether oxygens (including phenoxy) is 2. The van der Waals surface area contributed by atoms with Crippen molar-refractivity contribution in [2.75, 3.05) is 19.8 Å². The Kier molecular flexibility index (Phi) is 10.1. The third-order valence-corrected chi connectivity index (χ3v) is 3.41. The first kappa shape index (κ1) is 18.5. The van der Waals surface area contributed by atoms with Crippen LogP contribution in [0.15, 0.2) is 24.3 Å². The van der Waals surface area contributed by atoms with E-state index in [0.29, 0.717) is 25.2 Å². The Hall–Kier alpha value is -1.55. The van der Waals surface area contributed by atoms with Crippen LogP contribution in [0.3, 0.4) is 0 Å². The van der Waals surface area contributed by atoms with E-state index < -0.39 is 0 Å². The minimum Gasteiger partial charge on any atom is -0.508 e. The highest BCUT2D eigenvalue weighted by Crippen LogP contribution is 2.10. The minimum atomic E-state index is -0.365. The summed E-state index contributed by atoms with van der Waals surface area (Å²) in [5.41, 5.74) is 0.450. The fraction of sp³-hybridized carbons (Fsp3) is 0.611. The van der Waals surface area contributed by atoms with Crippen LogP contribution >= 0.6 is 0 Å². The summed E-state index contributed by atoms with van der Waals surface area (Å²) in [4.78, 5) is 11.7. The SMILES string of the molecule is CCCCCCCCOCCCOC(=O)c1ccc(O)cc1. The van der Waals surface area contributed by atoms with E-state index in [1.807, 2.05) is 0 Å². The lowest BCUT2D eigenvalue weighted by atomic mass is 10.1. The average molecular weight is 308 g/mol. The smallest absolute Gasteiger partial charge is 0.338 e. The van der Waals surface area contributed by atoms with Gasteiger partial charge in [0.2, 0.25) is 0 Å². The molecule has 22 heavy (non-hydrogen) atoms. The second-order valence-electron chi connectivity index (χ2n) is 5.42. The molecule has 0 spiro atoms. The highest BCUT2D eigenvalue weighted by molar-refractivity contribution is 5.89. The number of carbonyl (C=O) groups is 1. The Balaban J connectivity index is 1.93. The van der Waals surface area contributed by atoms with Crippen molar-refractivity contribution in [1.29, 1.82) is 0 Å². The van der Waals surface area contributed by atoms with Gasteiger partial charge in [-0.1, -0.05) is 39.0 Å². The monoisotopic (exact) mass is 308 g/mol. The summed E-state index contributed by atoms with van der Waals surface area (Å²) >= 11 is 0. The maximum atomic E-state index is 11.7. The summed E-state index contributed by atoms with van der Waals surface area (Å²) in [6.07, 6.45) is 8.27. The van der Waals surface area contributed by atoms with E-state index in [-0.39, 0.29) is 11.7 Å². The first-order chi connectivity index (χ1) is 10.7. The number of aromatic hydroxyl groups is 1. The Morgan fingerprint density at radius 3 is 2.27 bits per heavy atom. The van der Waals surface area contributed by atoms with Crippen LogP contribution in [-0.4, -0.2) is 30.9 Å². The molecule has 1 aromatic carbocycles. The van der Waals surface area contributed by atoms with E-state index in [2.05, 4.69) is 6.92 Å². The van der Waals surface area contributed by atoms with Crippen molar-refractivity contribution in [1.82, 2.24) is 0 Å². The molecule has 1 aromatic rings. The molecule has 0 aromatic heterocycles. The summed E-state index contributed by atoms with van der Waals surface area (Å²) in [5.74, 6) is -0.226. The summed E-state index contributed by atoms with van der Waals surface area (Å²) in [6, 6.07) is 6.04. The van der Waals surface area contributed by atoms with Gasteiger partial charge >= 0.3 is 5.97 Å². The van der Waals surface area contributed by atoms with Gasteiger partial charge in [-0.3, -0.25) is 0 Å². The number of benzene rings is 1. The van der Waals surface area contributed by atoms with Crippen molar-refractivity contribution in [3.05, 3.63) is 29.8 Å². The van der Waals surface area contributed by atoms with Gasteiger partial charge in [0.1, 0.15) is 5.75 Å². The Morgan fingerprint density at radius 1 is 0.909 bits per heavy atom. The highest BCUT2D eigenvalue weighted by atomic mass is 16.5. The number of unbranched alkanes of at least 4 members (excludes halogenated alkanes) is 5. The molecule has 0 saturated carbocycles. The van der Waals surface area contributed by atoms with E-state index in [1.54, 1.807) is 12.1 Å². The van der Waals surface area contributed by atoms with Crippen molar-refractivity contribution < 1.29 is 19.4 Å². The molecule has 0 atom stereocenters. The standard InChI is InChI=1S/C18H28O4/c1-2-3-4-5-6-7-13-21-14-8-15-22-18(20)16-9-11-17(19)12-10-16/h9-12,19H,2-8,13-15H2,1H3. The highest BCUT2D eigenvalue weighted by Gasteiger charge is 2.06. The number of rotatable bonds is 12. The summed E-state index contributed by atoms with van der Waals surface area (Å²) in [6.45, 7) is 3.99. The average Bonchev–Trinajstić information content (AvgIpc) is 2.53. The van der Waals surface area contributed by atoms with Gasteiger partial charge in [-0.15, -0.1) is 0 Å². The molecule has 4 nitrogen and oxygen atoms in total. The van der Waals surface area contributed by atoms with Gasteiger partial charge in [0, 0.05) is 19.6 Å². The number of esters is 1.